The Kier molecular flexibility index (Phi) is 7.54. The molecule has 0 spiro atoms. The first-order valence-corrected chi connectivity index (χ1v) is 10.0. The molecule has 0 aliphatic heterocycles. The van der Waals surface area contributed by atoms with Crippen molar-refractivity contribution in [3.05, 3.63) is 60.1 Å². The first kappa shape index (κ1) is 21.1. The second kappa shape index (κ2) is 9.65. The van der Waals surface area contributed by atoms with E-state index in [4.69, 9.17) is 9.15 Å². The van der Waals surface area contributed by atoms with Crippen LogP contribution in [0.5, 0.6) is 0 Å². The molecule has 2 rings (SSSR count). The van der Waals surface area contributed by atoms with Gasteiger partial charge in [0.25, 0.3) is 0 Å². The Morgan fingerprint density at radius 1 is 1.15 bits per heavy atom. The van der Waals surface area contributed by atoms with Gasteiger partial charge in [0, 0.05) is 13.5 Å². The largest absolute Gasteiger partial charge is 0.468 e. The Bertz CT molecular complexity index is 722. The highest BCUT2D eigenvalue weighted by Gasteiger charge is 2.30. The summed E-state index contributed by atoms with van der Waals surface area (Å²) in [6.45, 7) is 5.43. The third-order valence-electron chi connectivity index (χ3n) is 3.86. The summed E-state index contributed by atoms with van der Waals surface area (Å²) in [6, 6.07) is 12.8. The average molecular weight is 390 g/mol. The number of hydrogen-bond acceptors (Lipinski definition) is 5. The molecule has 0 saturated carbocycles. The molecule has 1 aromatic heterocycles. The number of ether oxygens (including phenoxy) is 1. The first-order valence-electron chi connectivity index (χ1n) is 8.89. The molecule has 6 heteroatoms. The van der Waals surface area contributed by atoms with E-state index in [1.807, 2.05) is 63.2 Å². The molecule has 1 heterocycles. The minimum Gasteiger partial charge on any atom is -0.468 e. The molecule has 0 unspecified atom stereocenters. The molecule has 146 valence electrons. The molecule has 1 atom stereocenters. The van der Waals surface area contributed by atoms with Crippen LogP contribution in [0.15, 0.2) is 53.1 Å². The molecule has 0 aliphatic carbocycles. The van der Waals surface area contributed by atoms with Crippen LogP contribution < -0.4 is 0 Å². The SMILES string of the molecule is CN(C(=O)OC(C)(C)C)[C@@H](Cc1ccccc1)C(=O)CSCc1ccco1. The lowest BCUT2D eigenvalue weighted by Gasteiger charge is -2.30. The van der Waals surface area contributed by atoms with Crippen molar-refractivity contribution >= 4 is 23.6 Å². The summed E-state index contributed by atoms with van der Waals surface area (Å²) in [5, 5.41) is 0. The number of ketones is 1. The molecule has 2 aromatic rings. The number of furan rings is 1. The fourth-order valence-electron chi connectivity index (χ4n) is 2.51. The van der Waals surface area contributed by atoms with Crippen molar-refractivity contribution in [1.29, 1.82) is 0 Å². The van der Waals surface area contributed by atoms with Crippen LogP contribution in [0.25, 0.3) is 0 Å². The Hall–Kier alpha value is -2.21. The molecule has 0 radical (unpaired) electrons. The van der Waals surface area contributed by atoms with Crippen LogP contribution in [0.2, 0.25) is 0 Å². The maximum Gasteiger partial charge on any atom is 0.410 e. The van der Waals surface area contributed by atoms with Gasteiger partial charge in [0.15, 0.2) is 5.78 Å². The minimum absolute atomic E-state index is 0.0104. The molecule has 5 nitrogen and oxygen atoms in total. The number of nitrogens with zero attached hydrogens (tertiary/aromatic N) is 1. The van der Waals surface area contributed by atoms with Crippen molar-refractivity contribution in [1.82, 2.24) is 4.90 Å². The summed E-state index contributed by atoms with van der Waals surface area (Å²) < 4.78 is 10.7. The van der Waals surface area contributed by atoms with E-state index in [0.717, 1.165) is 11.3 Å². The average Bonchev–Trinajstić information content (AvgIpc) is 3.12. The lowest BCUT2D eigenvalue weighted by Crippen LogP contribution is -2.46. The number of amides is 1. The topological polar surface area (TPSA) is 59.8 Å². The van der Waals surface area contributed by atoms with Gasteiger partial charge in [0.1, 0.15) is 11.4 Å². The number of rotatable bonds is 8. The van der Waals surface area contributed by atoms with E-state index in [-0.39, 0.29) is 5.78 Å². The van der Waals surface area contributed by atoms with Crippen molar-refractivity contribution in [3.8, 4) is 0 Å². The number of carbonyl (C=O) groups is 2. The fourth-order valence-corrected chi connectivity index (χ4v) is 3.37. The summed E-state index contributed by atoms with van der Waals surface area (Å²) in [6.07, 6.45) is 1.58. The molecule has 0 N–H and O–H groups in total. The molecule has 0 aliphatic rings. The maximum atomic E-state index is 12.9. The number of carbonyl (C=O) groups excluding carboxylic acids is 2. The zero-order chi connectivity index (χ0) is 19.9. The standard InChI is InChI=1S/C21H27NO4S/c1-21(2,3)26-20(24)22(4)18(13-16-9-6-5-7-10-16)19(23)15-27-14-17-11-8-12-25-17/h5-12,18H,13-15H2,1-4H3/t18-/m0/s1. The summed E-state index contributed by atoms with van der Waals surface area (Å²) in [5.74, 6) is 1.73. The highest BCUT2D eigenvalue weighted by molar-refractivity contribution is 7.99. The molecule has 27 heavy (non-hydrogen) atoms. The van der Waals surface area contributed by atoms with Gasteiger partial charge < -0.3 is 14.1 Å². The summed E-state index contributed by atoms with van der Waals surface area (Å²) >= 11 is 1.48. The molecule has 1 aromatic carbocycles. The van der Waals surface area contributed by atoms with Gasteiger partial charge >= 0.3 is 6.09 Å². The van der Waals surface area contributed by atoms with Gasteiger partial charge in [-0.15, -0.1) is 11.8 Å². The van der Waals surface area contributed by atoms with Gasteiger partial charge in [-0.1, -0.05) is 30.3 Å². The lowest BCUT2D eigenvalue weighted by atomic mass is 10.0. The Labute approximate surface area is 165 Å². The minimum atomic E-state index is -0.611. The van der Waals surface area contributed by atoms with Gasteiger partial charge in [-0.05, 0) is 38.5 Å². The summed E-state index contributed by atoms with van der Waals surface area (Å²) in [5.41, 5.74) is 0.391. The second-order valence-electron chi connectivity index (χ2n) is 7.34. The van der Waals surface area contributed by atoms with Crippen molar-refractivity contribution < 1.29 is 18.7 Å². The fraction of sp³-hybridized carbons (Fsp3) is 0.429. The van der Waals surface area contributed by atoms with E-state index in [2.05, 4.69) is 0 Å². The van der Waals surface area contributed by atoms with E-state index >= 15 is 0 Å². The zero-order valence-electron chi connectivity index (χ0n) is 16.3. The molecular weight excluding hydrogens is 362 g/mol. The van der Waals surface area contributed by atoms with E-state index in [1.165, 1.54) is 16.7 Å². The van der Waals surface area contributed by atoms with Crippen LogP contribution in [-0.4, -0.2) is 41.2 Å². The third-order valence-corrected chi connectivity index (χ3v) is 4.84. The highest BCUT2D eigenvalue weighted by atomic mass is 32.2. The smallest absolute Gasteiger partial charge is 0.410 e. The normalized spacial score (nSPS) is 12.4. The molecular formula is C21H27NO4S. The van der Waals surface area contributed by atoms with Gasteiger partial charge in [0.2, 0.25) is 0 Å². The van der Waals surface area contributed by atoms with E-state index in [9.17, 15) is 9.59 Å². The van der Waals surface area contributed by atoms with Crippen LogP contribution in [0.4, 0.5) is 4.79 Å². The molecule has 0 saturated heterocycles. The van der Waals surface area contributed by atoms with E-state index in [1.54, 1.807) is 13.3 Å². The van der Waals surface area contributed by atoms with Crippen molar-refractivity contribution in [2.45, 2.75) is 44.6 Å². The molecule has 0 fully saturated rings. The van der Waals surface area contributed by atoms with Gasteiger partial charge in [-0.25, -0.2) is 4.79 Å². The number of likely N-dealkylation sites (N-methyl/N-ethyl adjacent to an activating group) is 1. The predicted molar refractivity (Wildman–Crippen MR) is 108 cm³/mol. The van der Waals surface area contributed by atoms with Gasteiger partial charge in [-0.3, -0.25) is 4.79 Å². The van der Waals surface area contributed by atoms with Crippen LogP contribution >= 0.6 is 11.8 Å². The van der Waals surface area contributed by atoms with Crippen LogP contribution in [0.3, 0.4) is 0 Å². The van der Waals surface area contributed by atoms with Crippen molar-refractivity contribution in [2.24, 2.45) is 0 Å². The quantitative estimate of drug-likeness (QED) is 0.662. The first-order chi connectivity index (χ1) is 12.8. The van der Waals surface area contributed by atoms with E-state index < -0.39 is 17.7 Å². The zero-order valence-corrected chi connectivity index (χ0v) is 17.1. The number of Topliss-reactive ketones (excluding diaryl/α,β-unsaturated/α-hetero) is 1. The maximum absolute atomic E-state index is 12.9. The predicted octanol–water partition coefficient (Wildman–Crippen LogP) is 4.56. The second-order valence-corrected chi connectivity index (χ2v) is 8.32. The molecule has 0 bridgehead atoms. The number of thioether (sulfide) groups is 1. The van der Waals surface area contributed by atoms with Gasteiger partial charge in [0.05, 0.1) is 23.8 Å². The van der Waals surface area contributed by atoms with Crippen molar-refractivity contribution in [3.63, 3.8) is 0 Å². The summed E-state index contributed by atoms with van der Waals surface area (Å²) in [4.78, 5) is 26.8. The number of benzene rings is 1. The van der Waals surface area contributed by atoms with Crippen LogP contribution in [-0.2, 0) is 21.7 Å². The Morgan fingerprint density at radius 3 is 2.44 bits per heavy atom. The van der Waals surface area contributed by atoms with Crippen LogP contribution in [0.1, 0.15) is 32.1 Å². The lowest BCUT2D eigenvalue weighted by molar-refractivity contribution is -0.121. The highest BCUT2D eigenvalue weighted by Crippen LogP contribution is 2.18. The van der Waals surface area contributed by atoms with Crippen molar-refractivity contribution in [2.75, 3.05) is 12.8 Å². The van der Waals surface area contributed by atoms with Gasteiger partial charge in [-0.2, -0.15) is 0 Å². The van der Waals surface area contributed by atoms with Crippen LogP contribution in [0, 0.1) is 0 Å². The Balaban J connectivity index is 2.05. The number of hydrogen-bond donors (Lipinski definition) is 0. The molecule has 1 amide bonds. The van der Waals surface area contributed by atoms with E-state index in [0.29, 0.717) is 17.9 Å². The summed E-state index contributed by atoms with van der Waals surface area (Å²) in [7, 11) is 1.62. The Morgan fingerprint density at radius 2 is 1.85 bits per heavy atom. The monoisotopic (exact) mass is 389 g/mol. The third kappa shape index (κ3) is 7.13.